The minimum absolute atomic E-state index is 0.202. The van der Waals surface area contributed by atoms with E-state index in [-0.39, 0.29) is 30.3 Å². The van der Waals surface area contributed by atoms with Crippen molar-refractivity contribution in [2.45, 2.75) is 32.5 Å². The van der Waals surface area contributed by atoms with E-state index in [4.69, 9.17) is 4.74 Å². The number of carbonyl (C=O) groups excluding carboxylic acids is 1. The molecule has 150 valence electrons. The van der Waals surface area contributed by atoms with E-state index < -0.39 is 0 Å². The molecular formula is C20H22N6O3. The van der Waals surface area contributed by atoms with Crippen LogP contribution in [0.15, 0.2) is 47.3 Å². The van der Waals surface area contributed by atoms with Crippen LogP contribution in [0.3, 0.4) is 0 Å². The molecule has 1 aromatic carbocycles. The van der Waals surface area contributed by atoms with Gasteiger partial charge >= 0.3 is 0 Å². The minimum atomic E-state index is -0.281. The largest absolute Gasteiger partial charge is 0.492 e. The maximum atomic E-state index is 12.8. The maximum Gasteiger partial charge on any atom is 0.274 e. The van der Waals surface area contributed by atoms with Crippen LogP contribution < -0.4 is 10.3 Å². The number of aromatic nitrogens is 5. The van der Waals surface area contributed by atoms with Gasteiger partial charge in [0.15, 0.2) is 5.82 Å². The molecule has 9 nitrogen and oxygen atoms in total. The van der Waals surface area contributed by atoms with Crippen molar-refractivity contribution in [1.82, 2.24) is 29.4 Å². The topological polar surface area (TPSA) is 95.1 Å². The van der Waals surface area contributed by atoms with Crippen LogP contribution in [-0.4, -0.2) is 49.0 Å². The predicted octanol–water partition coefficient (Wildman–Crippen LogP) is 1.13. The zero-order chi connectivity index (χ0) is 20.2. The lowest BCUT2D eigenvalue weighted by Crippen LogP contribution is -2.32. The van der Waals surface area contributed by atoms with Gasteiger partial charge in [0.25, 0.3) is 11.5 Å². The molecular weight excluding hydrogens is 372 g/mol. The van der Waals surface area contributed by atoms with E-state index >= 15 is 0 Å². The molecule has 0 spiro atoms. The third kappa shape index (κ3) is 4.18. The lowest BCUT2D eigenvalue weighted by molar-refractivity contribution is 0.0771. The van der Waals surface area contributed by atoms with Crippen LogP contribution in [-0.2, 0) is 26.1 Å². The molecule has 1 amide bonds. The summed E-state index contributed by atoms with van der Waals surface area (Å²) < 4.78 is 8.92. The first-order valence-corrected chi connectivity index (χ1v) is 9.54. The second-order valence-corrected chi connectivity index (χ2v) is 6.89. The van der Waals surface area contributed by atoms with E-state index in [1.165, 1.54) is 21.7 Å². The van der Waals surface area contributed by atoms with Crippen molar-refractivity contribution < 1.29 is 9.53 Å². The molecule has 3 aromatic rings. The van der Waals surface area contributed by atoms with Gasteiger partial charge in [-0.25, -0.2) is 4.68 Å². The monoisotopic (exact) mass is 394 g/mol. The van der Waals surface area contributed by atoms with E-state index in [1.807, 2.05) is 30.3 Å². The Balaban J connectivity index is 1.41. The molecule has 0 radical (unpaired) electrons. The van der Waals surface area contributed by atoms with Crippen molar-refractivity contribution in [3.05, 3.63) is 70.2 Å². The molecule has 29 heavy (non-hydrogen) atoms. The first-order chi connectivity index (χ1) is 14.1. The standard InChI is InChI=1S/C20H22N6O3/c1-24(14-18-22-21-17-8-5-11-25(17)18)20(28)16-9-10-19(27)26(23-16)12-13-29-15-6-3-2-4-7-15/h2-4,6-7,9-10H,5,8,11-14H2,1H3. The maximum absolute atomic E-state index is 12.8. The number of carbonyl (C=O) groups is 1. The SMILES string of the molecule is CN(Cc1nnc2n1CCC2)C(=O)c1ccc(=O)n(CCOc2ccccc2)n1. The van der Waals surface area contributed by atoms with E-state index in [1.54, 1.807) is 7.05 Å². The first kappa shape index (κ1) is 18.9. The highest BCUT2D eigenvalue weighted by Crippen LogP contribution is 2.15. The summed E-state index contributed by atoms with van der Waals surface area (Å²) in [6.07, 6.45) is 1.97. The normalized spacial score (nSPS) is 12.6. The Morgan fingerprint density at radius 2 is 2.00 bits per heavy atom. The smallest absolute Gasteiger partial charge is 0.274 e. The van der Waals surface area contributed by atoms with Gasteiger partial charge in [0, 0.05) is 26.1 Å². The molecule has 0 fully saturated rings. The zero-order valence-corrected chi connectivity index (χ0v) is 16.2. The fourth-order valence-electron chi connectivity index (χ4n) is 3.30. The molecule has 1 aliphatic heterocycles. The van der Waals surface area contributed by atoms with Crippen LogP contribution in [0, 0.1) is 0 Å². The van der Waals surface area contributed by atoms with Gasteiger partial charge in [-0.15, -0.1) is 10.2 Å². The molecule has 4 rings (SSSR count). The second-order valence-electron chi connectivity index (χ2n) is 6.89. The summed E-state index contributed by atoms with van der Waals surface area (Å²) in [6.45, 7) is 1.74. The summed E-state index contributed by atoms with van der Waals surface area (Å²) in [5.74, 6) is 2.16. The van der Waals surface area contributed by atoms with Crippen LogP contribution in [0.1, 0.15) is 28.6 Å². The number of benzene rings is 1. The number of aryl methyl sites for hydroxylation is 1. The highest BCUT2D eigenvalue weighted by molar-refractivity contribution is 5.91. The number of rotatable bonds is 7. The molecule has 0 N–H and O–H groups in total. The third-order valence-electron chi connectivity index (χ3n) is 4.81. The predicted molar refractivity (Wildman–Crippen MR) is 105 cm³/mol. The fraction of sp³-hybridized carbons (Fsp3) is 0.350. The van der Waals surface area contributed by atoms with Gasteiger partial charge in [-0.1, -0.05) is 18.2 Å². The Morgan fingerprint density at radius 1 is 1.17 bits per heavy atom. The van der Waals surface area contributed by atoms with Crippen molar-refractivity contribution in [2.75, 3.05) is 13.7 Å². The van der Waals surface area contributed by atoms with Crippen LogP contribution in [0.2, 0.25) is 0 Å². The van der Waals surface area contributed by atoms with Crippen molar-refractivity contribution >= 4 is 5.91 Å². The molecule has 0 bridgehead atoms. The van der Waals surface area contributed by atoms with Gasteiger partial charge in [0.2, 0.25) is 0 Å². The molecule has 0 unspecified atom stereocenters. The van der Waals surface area contributed by atoms with Gasteiger partial charge in [0.1, 0.15) is 23.9 Å². The number of ether oxygens (including phenoxy) is 1. The Labute approximate surface area is 167 Å². The summed E-state index contributed by atoms with van der Waals surface area (Å²) in [5.41, 5.74) is -0.0795. The highest BCUT2D eigenvalue weighted by Gasteiger charge is 2.21. The molecule has 0 atom stereocenters. The van der Waals surface area contributed by atoms with Gasteiger partial charge in [-0.05, 0) is 24.6 Å². The van der Waals surface area contributed by atoms with Crippen LogP contribution in [0.4, 0.5) is 0 Å². The molecule has 0 saturated heterocycles. The number of fused-ring (bicyclic) bond motifs is 1. The Kier molecular flexibility index (Phi) is 5.37. The average molecular weight is 394 g/mol. The number of hydrogen-bond acceptors (Lipinski definition) is 6. The number of amides is 1. The lowest BCUT2D eigenvalue weighted by atomic mass is 10.3. The van der Waals surface area contributed by atoms with Crippen molar-refractivity contribution in [1.29, 1.82) is 0 Å². The highest BCUT2D eigenvalue weighted by atomic mass is 16.5. The van der Waals surface area contributed by atoms with Gasteiger partial charge in [0.05, 0.1) is 13.1 Å². The van der Waals surface area contributed by atoms with E-state index in [0.29, 0.717) is 12.3 Å². The summed E-state index contributed by atoms with van der Waals surface area (Å²) in [4.78, 5) is 26.4. The minimum Gasteiger partial charge on any atom is -0.492 e. The number of hydrogen-bond donors (Lipinski definition) is 0. The third-order valence-corrected chi connectivity index (χ3v) is 4.81. The Hall–Kier alpha value is -3.49. The molecule has 1 aliphatic rings. The molecule has 0 saturated carbocycles. The van der Waals surface area contributed by atoms with Crippen LogP contribution in [0.5, 0.6) is 5.75 Å². The summed E-state index contributed by atoms with van der Waals surface area (Å²) >= 11 is 0. The summed E-state index contributed by atoms with van der Waals surface area (Å²) in [7, 11) is 1.69. The zero-order valence-electron chi connectivity index (χ0n) is 16.2. The van der Waals surface area contributed by atoms with Crippen LogP contribution >= 0.6 is 0 Å². The number of para-hydroxylation sites is 1. The Bertz CT molecular complexity index is 1060. The summed E-state index contributed by atoms with van der Waals surface area (Å²) in [5, 5.41) is 12.6. The van der Waals surface area contributed by atoms with Gasteiger partial charge < -0.3 is 14.2 Å². The van der Waals surface area contributed by atoms with E-state index in [0.717, 1.165) is 31.0 Å². The lowest BCUT2D eigenvalue weighted by Gasteiger charge is -2.17. The van der Waals surface area contributed by atoms with Gasteiger partial charge in [-0.3, -0.25) is 9.59 Å². The fourth-order valence-corrected chi connectivity index (χ4v) is 3.30. The molecule has 0 aliphatic carbocycles. The molecule has 3 heterocycles. The molecule has 2 aromatic heterocycles. The quantitative estimate of drug-likeness (QED) is 0.596. The van der Waals surface area contributed by atoms with Crippen molar-refractivity contribution in [3.8, 4) is 5.75 Å². The number of nitrogens with zero attached hydrogens (tertiary/aromatic N) is 6. The van der Waals surface area contributed by atoms with Crippen molar-refractivity contribution in [3.63, 3.8) is 0 Å². The average Bonchev–Trinajstić information content (AvgIpc) is 3.35. The summed E-state index contributed by atoms with van der Waals surface area (Å²) in [6, 6.07) is 12.1. The molecule has 9 heteroatoms. The van der Waals surface area contributed by atoms with Crippen molar-refractivity contribution in [2.24, 2.45) is 0 Å². The van der Waals surface area contributed by atoms with E-state index in [2.05, 4.69) is 19.9 Å². The first-order valence-electron chi connectivity index (χ1n) is 9.54. The van der Waals surface area contributed by atoms with Crippen LogP contribution in [0.25, 0.3) is 0 Å². The van der Waals surface area contributed by atoms with E-state index in [9.17, 15) is 9.59 Å². The second kappa shape index (κ2) is 8.26. The van der Waals surface area contributed by atoms with Gasteiger partial charge in [-0.2, -0.15) is 5.10 Å². The Morgan fingerprint density at radius 3 is 2.83 bits per heavy atom.